The maximum atomic E-state index is 13.5. The lowest BCUT2D eigenvalue weighted by atomic mass is 10.1. The molecule has 1 saturated heterocycles. The van der Waals surface area contributed by atoms with Crippen LogP contribution in [0.1, 0.15) is 12.0 Å². The summed E-state index contributed by atoms with van der Waals surface area (Å²) in [6, 6.07) is 6.35. The van der Waals surface area contributed by atoms with Crippen LogP contribution in [0, 0.1) is 17.1 Å². The molecule has 0 saturated carbocycles. The Morgan fingerprint density at radius 3 is 2.67 bits per heavy atom. The molecule has 0 spiro atoms. The molecule has 2 rings (SSSR count). The zero-order chi connectivity index (χ0) is 15.2. The van der Waals surface area contributed by atoms with Gasteiger partial charge in [0.1, 0.15) is 5.82 Å². The van der Waals surface area contributed by atoms with Crippen molar-refractivity contribution in [3.05, 3.63) is 29.6 Å². The van der Waals surface area contributed by atoms with Gasteiger partial charge in [0.25, 0.3) is 0 Å². The number of benzene rings is 1. The quantitative estimate of drug-likeness (QED) is 0.785. The van der Waals surface area contributed by atoms with Crippen LogP contribution >= 0.6 is 0 Å². The summed E-state index contributed by atoms with van der Waals surface area (Å²) in [5.41, 5.74) is 1.07. The second kappa shape index (κ2) is 7.04. The molecule has 0 aromatic heterocycles. The van der Waals surface area contributed by atoms with E-state index < -0.39 is 5.82 Å². The molecule has 0 atom stereocenters. The van der Waals surface area contributed by atoms with E-state index in [9.17, 15) is 9.18 Å². The van der Waals surface area contributed by atoms with Gasteiger partial charge in [-0.05, 0) is 18.2 Å². The van der Waals surface area contributed by atoms with Gasteiger partial charge in [-0.2, -0.15) is 5.26 Å². The lowest BCUT2D eigenvalue weighted by molar-refractivity contribution is -0.141. The van der Waals surface area contributed by atoms with Gasteiger partial charge in [-0.3, -0.25) is 9.69 Å². The van der Waals surface area contributed by atoms with Crippen molar-refractivity contribution >= 4 is 11.7 Å². The summed E-state index contributed by atoms with van der Waals surface area (Å²) in [5.74, 6) is -0.599. The number of hydrogen-bond donors (Lipinski definition) is 0. The molecule has 0 N–H and O–H groups in total. The van der Waals surface area contributed by atoms with Gasteiger partial charge in [0.2, 0.25) is 0 Å². The Morgan fingerprint density at radius 2 is 2.05 bits per heavy atom. The van der Waals surface area contributed by atoms with Crippen LogP contribution in [-0.2, 0) is 9.53 Å². The van der Waals surface area contributed by atoms with Gasteiger partial charge in [0.15, 0.2) is 0 Å². The van der Waals surface area contributed by atoms with E-state index in [-0.39, 0.29) is 5.97 Å². The number of rotatable bonds is 4. The third-order valence-corrected chi connectivity index (χ3v) is 3.61. The Kier molecular flexibility index (Phi) is 5.12. The smallest absolute Gasteiger partial charge is 0.306 e. The van der Waals surface area contributed by atoms with E-state index in [0.717, 1.165) is 31.9 Å². The normalized spacial score (nSPS) is 15.6. The Bertz CT molecular complexity index is 548. The fourth-order valence-electron chi connectivity index (χ4n) is 2.40. The monoisotopic (exact) mass is 291 g/mol. The van der Waals surface area contributed by atoms with Gasteiger partial charge >= 0.3 is 5.97 Å². The predicted molar refractivity (Wildman–Crippen MR) is 76.4 cm³/mol. The first-order valence-corrected chi connectivity index (χ1v) is 6.87. The molecule has 0 bridgehead atoms. The van der Waals surface area contributed by atoms with Crippen molar-refractivity contribution in [2.75, 3.05) is 44.7 Å². The molecule has 1 aromatic rings. The van der Waals surface area contributed by atoms with Crippen molar-refractivity contribution in [2.45, 2.75) is 6.42 Å². The number of hydrogen-bond acceptors (Lipinski definition) is 5. The Balaban J connectivity index is 1.91. The van der Waals surface area contributed by atoms with Gasteiger partial charge in [0.05, 0.1) is 25.2 Å². The summed E-state index contributed by atoms with van der Waals surface area (Å²) in [5, 5.41) is 8.89. The standard InChI is InChI=1S/C15H18FN3O2/c1-21-15(20)2-3-18-4-6-19(7-5-18)14-9-12(11-17)8-13(16)10-14/h8-10H,2-7H2,1H3. The minimum absolute atomic E-state index is 0.207. The summed E-state index contributed by atoms with van der Waals surface area (Å²) in [6.45, 7) is 3.77. The van der Waals surface area contributed by atoms with Crippen LogP contribution < -0.4 is 4.90 Å². The number of esters is 1. The molecule has 1 fully saturated rings. The average Bonchev–Trinajstić information content (AvgIpc) is 2.52. The van der Waals surface area contributed by atoms with Crippen molar-refractivity contribution < 1.29 is 13.9 Å². The minimum atomic E-state index is -0.392. The van der Waals surface area contributed by atoms with Crippen LogP contribution in [0.3, 0.4) is 0 Å². The maximum Gasteiger partial charge on any atom is 0.306 e. The van der Waals surface area contributed by atoms with Gasteiger partial charge in [0, 0.05) is 38.4 Å². The number of halogens is 1. The molecule has 1 aliphatic rings. The Labute approximate surface area is 123 Å². The number of carbonyl (C=O) groups is 1. The second-order valence-electron chi connectivity index (χ2n) is 4.96. The summed E-state index contributed by atoms with van der Waals surface area (Å²) >= 11 is 0. The highest BCUT2D eigenvalue weighted by atomic mass is 19.1. The fourth-order valence-corrected chi connectivity index (χ4v) is 2.40. The SMILES string of the molecule is COC(=O)CCN1CCN(c2cc(F)cc(C#N)c2)CC1. The predicted octanol–water partition coefficient (Wildman–Crippen LogP) is 1.38. The summed E-state index contributed by atoms with van der Waals surface area (Å²) in [6.07, 6.45) is 0.384. The molecular weight excluding hydrogens is 273 g/mol. The number of piperazine rings is 1. The van der Waals surface area contributed by atoms with Gasteiger partial charge in [-0.25, -0.2) is 4.39 Å². The number of nitriles is 1. The highest BCUT2D eigenvalue weighted by Crippen LogP contribution is 2.20. The van der Waals surface area contributed by atoms with Gasteiger partial charge < -0.3 is 9.64 Å². The van der Waals surface area contributed by atoms with Crippen LogP contribution in [0.15, 0.2) is 18.2 Å². The first kappa shape index (κ1) is 15.3. The zero-order valence-electron chi connectivity index (χ0n) is 12.0. The van der Waals surface area contributed by atoms with Crippen LogP contribution in [0.4, 0.5) is 10.1 Å². The number of methoxy groups -OCH3 is 1. The van der Waals surface area contributed by atoms with Gasteiger partial charge in [-0.1, -0.05) is 0 Å². The van der Waals surface area contributed by atoms with Crippen molar-refractivity contribution in [3.8, 4) is 6.07 Å². The highest BCUT2D eigenvalue weighted by molar-refractivity contribution is 5.69. The van der Waals surface area contributed by atoms with E-state index in [4.69, 9.17) is 5.26 Å². The van der Waals surface area contributed by atoms with Crippen LogP contribution in [-0.4, -0.2) is 50.7 Å². The molecule has 6 heteroatoms. The lowest BCUT2D eigenvalue weighted by Crippen LogP contribution is -2.47. The van der Waals surface area contributed by atoms with Crippen LogP contribution in [0.25, 0.3) is 0 Å². The van der Waals surface area contributed by atoms with E-state index in [2.05, 4.69) is 14.5 Å². The van der Waals surface area contributed by atoms with Crippen LogP contribution in [0.2, 0.25) is 0 Å². The molecule has 112 valence electrons. The first-order chi connectivity index (χ1) is 10.1. The number of ether oxygens (including phenoxy) is 1. The average molecular weight is 291 g/mol. The third-order valence-electron chi connectivity index (χ3n) is 3.61. The molecule has 0 radical (unpaired) electrons. The Morgan fingerprint density at radius 1 is 1.33 bits per heavy atom. The molecule has 0 amide bonds. The topological polar surface area (TPSA) is 56.6 Å². The molecule has 0 unspecified atom stereocenters. The summed E-state index contributed by atoms with van der Waals surface area (Å²) < 4.78 is 18.1. The lowest BCUT2D eigenvalue weighted by Gasteiger charge is -2.36. The number of anilines is 1. The molecule has 1 aromatic carbocycles. The fraction of sp³-hybridized carbons (Fsp3) is 0.467. The van der Waals surface area contributed by atoms with Crippen molar-refractivity contribution in [3.63, 3.8) is 0 Å². The molecule has 5 nitrogen and oxygen atoms in total. The minimum Gasteiger partial charge on any atom is -0.469 e. The number of carbonyl (C=O) groups excluding carboxylic acids is 1. The van der Waals surface area contributed by atoms with Crippen molar-refractivity contribution in [1.82, 2.24) is 4.90 Å². The molecule has 0 aliphatic carbocycles. The van der Waals surface area contributed by atoms with E-state index in [0.29, 0.717) is 18.5 Å². The third kappa shape index (κ3) is 4.17. The van der Waals surface area contributed by atoms with E-state index >= 15 is 0 Å². The highest BCUT2D eigenvalue weighted by Gasteiger charge is 2.18. The van der Waals surface area contributed by atoms with E-state index in [1.54, 1.807) is 6.07 Å². The molecule has 21 heavy (non-hydrogen) atoms. The van der Waals surface area contributed by atoms with Gasteiger partial charge in [-0.15, -0.1) is 0 Å². The second-order valence-corrected chi connectivity index (χ2v) is 4.96. The zero-order valence-corrected chi connectivity index (χ0v) is 12.0. The molecule has 1 heterocycles. The number of nitrogens with zero attached hydrogens (tertiary/aromatic N) is 3. The van der Waals surface area contributed by atoms with E-state index in [1.165, 1.54) is 19.2 Å². The van der Waals surface area contributed by atoms with Crippen molar-refractivity contribution in [2.24, 2.45) is 0 Å². The first-order valence-electron chi connectivity index (χ1n) is 6.87. The van der Waals surface area contributed by atoms with Crippen molar-refractivity contribution in [1.29, 1.82) is 5.26 Å². The largest absolute Gasteiger partial charge is 0.469 e. The van der Waals surface area contributed by atoms with E-state index in [1.807, 2.05) is 6.07 Å². The summed E-state index contributed by atoms with van der Waals surface area (Å²) in [7, 11) is 1.39. The Hall–Kier alpha value is -2.13. The van der Waals surface area contributed by atoms with Crippen LogP contribution in [0.5, 0.6) is 0 Å². The molecular formula is C15H18FN3O2. The maximum absolute atomic E-state index is 13.5. The summed E-state index contributed by atoms with van der Waals surface area (Å²) in [4.78, 5) is 15.3. The molecule has 1 aliphatic heterocycles.